The van der Waals surface area contributed by atoms with Gasteiger partial charge in [0.1, 0.15) is 6.33 Å². The number of rotatable bonds is 5. The molecule has 0 unspecified atom stereocenters. The summed E-state index contributed by atoms with van der Waals surface area (Å²) in [6.07, 6.45) is 4.25. The molecule has 0 amide bonds. The van der Waals surface area contributed by atoms with Crippen molar-refractivity contribution in [3.05, 3.63) is 6.33 Å². The minimum atomic E-state index is 0.806. The molecule has 1 heterocycles. The minimum absolute atomic E-state index is 0.806. The lowest BCUT2D eigenvalue weighted by atomic mass is 10.6. The van der Waals surface area contributed by atoms with E-state index in [0.29, 0.717) is 0 Å². The van der Waals surface area contributed by atoms with Crippen molar-refractivity contribution < 1.29 is 0 Å². The van der Waals surface area contributed by atoms with Gasteiger partial charge in [0.15, 0.2) is 5.16 Å². The molecular formula is C7H12N4S. The lowest BCUT2D eigenvalue weighted by Gasteiger charge is -1.99. The lowest BCUT2D eigenvalue weighted by molar-refractivity contribution is 0.725. The van der Waals surface area contributed by atoms with E-state index in [0.717, 1.165) is 23.5 Å². The molecule has 0 spiro atoms. The Bertz CT molecular complexity index is 219. The zero-order valence-electron chi connectivity index (χ0n) is 6.79. The second-order valence-corrected chi connectivity index (χ2v) is 3.95. The number of hydrogen-bond donors (Lipinski definition) is 2. The van der Waals surface area contributed by atoms with E-state index in [2.05, 4.69) is 20.5 Å². The molecule has 1 aliphatic carbocycles. The average molecular weight is 184 g/mol. The van der Waals surface area contributed by atoms with Crippen molar-refractivity contribution in [2.45, 2.75) is 24.0 Å². The van der Waals surface area contributed by atoms with Crippen LogP contribution in [-0.2, 0) is 0 Å². The highest BCUT2D eigenvalue weighted by molar-refractivity contribution is 7.99. The zero-order valence-corrected chi connectivity index (χ0v) is 7.60. The summed E-state index contributed by atoms with van der Waals surface area (Å²) in [6.45, 7) is 1.07. The molecule has 0 bridgehead atoms. The Balaban J connectivity index is 1.56. The van der Waals surface area contributed by atoms with Gasteiger partial charge in [0.25, 0.3) is 0 Å². The average Bonchev–Trinajstić information content (AvgIpc) is 2.76. The summed E-state index contributed by atoms with van der Waals surface area (Å²) in [5.41, 5.74) is 0. The van der Waals surface area contributed by atoms with Crippen molar-refractivity contribution in [3.8, 4) is 0 Å². The normalized spacial score (nSPS) is 16.7. The Morgan fingerprint density at radius 1 is 1.67 bits per heavy atom. The van der Waals surface area contributed by atoms with Crippen LogP contribution in [0.3, 0.4) is 0 Å². The third-order valence-electron chi connectivity index (χ3n) is 1.74. The molecule has 1 aliphatic rings. The first-order valence-electron chi connectivity index (χ1n) is 4.17. The molecule has 5 heteroatoms. The topological polar surface area (TPSA) is 53.6 Å². The van der Waals surface area contributed by atoms with Crippen LogP contribution in [0.2, 0.25) is 0 Å². The molecule has 1 aromatic heterocycles. The van der Waals surface area contributed by atoms with E-state index >= 15 is 0 Å². The number of aromatic amines is 1. The number of H-pyrrole nitrogens is 1. The highest BCUT2D eigenvalue weighted by Gasteiger charge is 2.19. The minimum Gasteiger partial charge on any atom is -0.313 e. The molecule has 1 fully saturated rings. The van der Waals surface area contributed by atoms with Crippen LogP contribution < -0.4 is 5.32 Å². The Labute approximate surface area is 75.5 Å². The largest absolute Gasteiger partial charge is 0.313 e. The summed E-state index contributed by atoms with van der Waals surface area (Å²) in [5, 5.41) is 10.9. The Kier molecular flexibility index (Phi) is 2.63. The van der Waals surface area contributed by atoms with E-state index in [1.54, 1.807) is 11.8 Å². The highest BCUT2D eigenvalue weighted by Crippen LogP contribution is 2.18. The molecule has 0 aliphatic heterocycles. The molecule has 0 radical (unpaired) electrons. The van der Waals surface area contributed by atoms with Crippen LogP contribution in [0.15, 0.2) is 11.5 Å². The van der Waals surface area contributed by atoms with Gasteiger partial charge in [-0.15, -0.1) is 0 Å². The third kappa shape index (κ3) is 2.49. The number of thioether (sulfide) groups is 1. The van der Waals surface area contributed by atoms with Gasteiger partial charge in [0.2, 0.25) is 0 Å². The van der Waals surface area contributed by atoms with Crippen molar-refractivity contribution in [2.75, 3.05) is 12.3 Å². The van der Waals surface area contributed by atoms with Crippen molar-refractivity contribution in [1.82, 2.24) is 20.5 Å². The molecular weight excluding hydrogens is 172 g/mol. The quantitative estimate of drug-likeness (QED) is 0.521. The first kappa shape index (κ1) is 8.07. The molecule has 0 saturated heterocycles. The zero-order chi connectivity index (χ0) is 8.23. The van der Waals surface area contributed by atoms with Gasteiger partial charge in [0, 0.05) is 18.3 Å². The number of aromatic nitrogens is 3. The maximum atomic E-state index is 4.02. The second-order valence-electron chi connectivity index (χ2n) is 2.87. The van der Waals surface area contributed by atoms with Crippen LogP contribution in [0.1, 0.15) is 12.8 Å². The molecule has 12 heavy (non-hydrogen) atoms. The SMILES string of the molecule is c1n[nH]c(SCCNC2CC2)n1. The van der Waals surface area contributed by atoms with Gasteiger partial charge < -0.3 is 5.32 Å². The van der Waals surface area contributed by atoms with Crippen molar-refractivity contribution in [3.63, 3.8) is 0 Å². The van der Waals surface area contributed by atoms with E-state index in [9.17, 15) is 0 Å². The maximum absolute atomic E-state index is 4.02. The predicted octanol–water partition coefficient (Wildman–Crippen LogP) is 0.649. The Morgan fingerprint density at radius 3 is 3.25 bits per heavy atom. The van der Waals surface area contributed by atoms with Crippen LogP contribution in [-0.4, -0.2) is 33.5 Å². The molecule has 1 saturated carbocycles. The fourth-order valence-corrected chi connectivity index (χ4v) is 1.61. The second kappa shape index (κ2) is 3.91. The van der Waals surface area contributed by atoms with Crippen molar-refractivity contribution >= 4 is 11.8 Å². The molecule has 2 rings (SSSR count). The summed E-state index contributed by atoms with van der Waals surface area (Å²) in [4.78, 5) is 4.02. The fraction of sp³-hybridized carbons (Fsp3) is 0.714. The van der Waals surface area contributed by atoms with E-state index in [1.807, 2.05) is 0 Å². The van der Waals surface area contributed by atoms with E-state index in [-0.39, 0.29) is 0 Å². The van der Waals surface area contributed by atoms with Gasteiger partial charge in [0.05, 0.1) is 0 Å². The number of hydrogen-bond acceptors (Lipinski definition) is 4. The lowest BCUT2D eigenvalue weighted by Crippen LogP contribution is -2.19. The van der Waals surface area contributed by atoms with Crippen molar-refractivity contribution in [2.24, 2.45) is 0 Å². The monoisotopic (exact) mass is 184 g/mol. The van der Waals surface area contributed by atoms with Crippen LogP contribution in [0.5, 0.6) is 0 Å². The first-order valence-corrected chi connectivity index (χ1v) is 5.15. The van der Waals surface area contributed by atoms with Gasteiger partial charge in [-0.1, -0.05) is 11.8 Å². The van der Waals surface area contributed by atoms with Crippen LogP contribution >= 0.6 is 11.8 Å². The van der Waals surface area contributed by atoms with Gasteiger partial charge in [-0.05, 0) is 12.8 Å². The summed E-state index contributed by atoms with van der Waals surface area (Å²) < 4.78 is 0. The van der Waals surface area contributed by atoms with Crippen LogP contribution in [0, 0.1) is 0 Å². The smallest absolute Gasteiger partial charge is 0.183 e. The summed E-state index contributed by atoms with van der Waals surface area (Å²) in [7, 11) is 0. The molecule has 0 atom stereocenters. The molecule has 1 aromatic rings. The third-order valence-corrected chi connectivity index (χ3v) is 2.62. The number of nitrogens with one attached hydrogen (secondary N) is 2. The Hall–Kier alpha value is -0.550. The van der Waals surface area contributed by atoms with E-state index < -0.39 is 0 Å². The van der Waals surface area contributed by atoms with E-state index in [4.69, 9.17) is 0 Å². The standard InChI is InChI=1S/C7H12N4S/c1-2-6(1)8-3-4-12-7-9-5-10-11-7/h5-6,8H,1-4H2,(H,9,10,11). The maximum Gasteiger partial charge on any atom is 0.183 e. The summed E-state index contributed by atoms with van der Waals surface area (Å²) >= 11 is 1.71. The molecule has 0 aromatic carbocycles. The van der Waals surface area contributed by atoms with Gasteiger partial charge in [-0.25, -0.2) is 4.98 Å². The molecule has 4 nitrogen and oxygen atoms in total. The van der Waals surface area contributed by atoms with Crippen molar-refractivity contribution in [1.29, 1.82) is 0 Å². The van der Waals surface area contributed by atoms with Gasteiger partial charge in [-0.3, -0.25) is 5.10 Å². The Morgan fingerprint density at radius 2 is 2.58 bits per heavy atom. The predicted molar refractivity (Wildman–Crippen MR) is 48.1 cm³/mol. The van der Waals surface area contributed by atoms with Crippen LogP contribution in [0.4, 0.5) is 0 Å². The molecule has 66 valence electrons. The molecule has 2 N–H and O–H groups in total. The number of nitrogens with zero attached hydrogens (tertiary/aromatic N) is 2. The van der Waals surface area contributed by atoms with Gasteiger partial charge >= 0.3 is 0 Å². The van der Waals surface area contributed by atoms with Gasteiger partial charge in [-0.2, -0.15) is 5.10 Å². The summed E-state index contributed by atoms with van der Waals surface area (Å²) in [6, 6.07) is 0.806. The van der Waals surface area contributed by atoms with E-state index in [1.165, 1.54) is 19.2 Å². The summed E-state index contributed by atoms with van der Waals surface area (Å²) in [5.74, 6) is 1.06. The first-order chi connectivity index (χ1) is 5.95. The fourth-order valence-electron chi connectivity index (χ4n) is 0.962. The van der Waals surface area contributed by atoms with Crippen LogP contribution in [0.25, 0.3) is 0 Å². The highest BCUT2D eigenvalue weighted by atomic mass is 32.2.